The molecule has 0 aromatic carbocycles. The second-order valence-electron chi connectivity index (χ2n) is 6.88. The molecule has 7 heteroatoms. The lowest BCUT2D eigenvalue weighted by Gasteiger charge is -2.45. The molecule has 124 valence electrons. The van der Waals surface area contributed by atoms with E-state index >= 15 is 0 Å². The molecule has 4 unspecified atom stereocenters. The fourth-order valence-electron chi connectivity index (χ4n) is 3.89. The number of nitrogens with two attached hydrogens (primary N) is 1. The standard InChI is InChI=1S/C14H30N4O2S/c1-17-7-8-18(2)13(10-17)14(16-15)11-5-4-6-12(9-11)21(3,19)20/h11-14,16H,4-10,15H2,1-3H3. The van der Waals surface area contributed by atoms with Gasteiger partial charge in [0.15, 0.2) is 0 Å². The third kappa shape index (κ3) is 4.16. The first-order valence-electron chi connectivity index (χ1n) is 7.86. The van der Waals surface area contributed by atoms with Crippen molar-refractivity contribution < 1.29 is 8.42 Å². The van der Waals surface area contributed by atoms with Crippen LogP contribution < -0.4 is 11.3 Å². The summed E-state index contributed by atoms with van der Waals surface area (Å²) >= 11 is 0. The smallest absolute Gasteiger partial charge is 0.150 e. The van der Waals surface area contributed by atoms with E-state index in [0.717, 1.165) is 45.3 Å². The van der Waals surface area contributed by atoms with Gasteiger partial charge >= 0.3 is 0 Å². The van der Waals surface area contributed by atoms with Crippen LogP contribution in [0, 0.1) is 5.92 Å². The van der Waals surface area contributed by atoms with E-state index in [1.165, 1.54) is 6.26 Å². The minimum absolute atomic E-state index is 0.155. The van der Waals surface area contributed by atoms with Crippen LogP contribution in [0.4, 0.5) is 0 Å². The van der Waals surface area contributed by atoms with Crippen LogP contribution in [0.2, 0.25) is 0 Å². The van der Waals surface area contributed by atoms with Gasteiger partial charge in [-0.25, -0.2) is 8.42 Å². The van der Waals surface area contributed by atoms with Gasteiger partial charge in [0.25, 0.3) is 0 Å². The number of sulfone groups is 1. The second-order valence-corrected chi connectivity index (χ2v) is 9.21. The van der Waals surface area contributed by atoms with Crippen molar-refractivity contribution in [2.45, 2.75) is 43.0 Å². The summed E-state index contributed by atoms with van der Waals surface area (Å²) in [5.41, 5.74) is 3.00. The third-order valence-electron chi connectivity index (χ3n) is 5.29. The monoisotopic (exact) mass is 318 g/mol. The van der Waals surface area contributed by atoms with Crippen molar-refractivity contribution >= 4 is 9.84 Å². The lowest BCUT2D eigenvalue weighted by Crippen LogP contribution is -2.62. The van der Waals surface area contributed by atoms with Crippen LogP contribution in [-0.4, -0.2) is 75.5 Å². The van der Waals surface area contributed by atoms with E-state index in [0.29, 0.717) is 12.0 Å². The number of nitrogens with one attached hydrogen (secondary N) is 1. The van der Waals surface area contributed by atoms with Crippen LogP contribution >= 0.6 is 0 Å². The zero-order chi connectivity index (χ0) is 15.6. The van der Waals surface area contributed by atoms with Gasteiger partial charge in [0, 0.05) is 38.0 Å². The summed E-state index contributed by atoms with van der Waals surface area (Å²) in [5.74, 6) is 6.19. The molecule has 1 saturated heterocycles. The SMILES string of the molecule is CN1CCN(C)C(C(NN)C2CCCC(S(C)(=O)=O)C2)C1. The first-order valence-corrected chi connectivity index (χ1v) is 9.82. The van der Waals surface area contributed by atoms with E-state index < -0.39 is 9.84 Å². The summed E-state index contributed by atoms with van der Waals surface area (Å²) in [6.45, 7) is 3.08. The van der Waals surface area contributed by atoms with Gasteiger partial charge in [-0.2, -0.15) is 0 Å². The lowest BCUT2D eigenvalue weighted by atomic mass is 9.80. The fourth-order valence-corrected chi connectivity index (χ4v) is 5.08. The number of nitrogens with zero attached hydrogens (tertiary/aromatic N) is 2. The number of piperazine rings is 1. The lowest BCUT2D eigenvalue weighted by molar-refractivity contribution is 0.0623. The fraction of sp³-hybridized carbons (Fsp3) is 1.00. The minimum atomic E-state index is -2.95. The summed E-state index contributed by atoms with van der Waals surface area (Å²) in [6, 6.07) is 0.499. The molecular weight excluding hydrogens is 288 g/mol. The highest BCUT2D eigenvalue weighted by molar-refractivity contribution is 7.91. The van der Waals surface area contributed by atoms with Crippen LogP contribution in [-0.2, 0) is 9.84 Å². The molecule has 0 aromatic rings. The highest BCUT2D eigenvalue weighted by Crippen LogP contribution is 2.32. The van der Waals surface area contributed by atoms with Crippen molar-refractivity contribution in [3.63, 3.8) is 0 Å². The molecule has 6 nitrogen and oxygen atoms in total. The molecule has 2 fully saturated rings. The molecule has 1 aliphatic heterocycles. The Labute approximate surface area is 128 Å². The van der Waals surface area contributed by atoms with Crippen molar-refractivity contribution in [1.82, 2.24) is 15.2 Å². The molecule has 1 heterocycles. The van der Waals surface area contributed by atoms with Gasteiger partial charge in [-0.15, -0.1) is 0 Å². The number of hydrazine groups is 1. The maximum atomic E-state index is 11.9. The van der Waals surface area contributed by atoms with Crippen molar-refractivity contribution in [2.24, 2.45) is 11.8 Å². The molecule has 0 aromatic heterocycles. The Morgan fingerprint density at radius 2 is 1.95 bits per heavy atom. The maximum Gasteiger partial charge on any atom is 0.150 e. The van der Waals surface area contributed by atoms with Crippen molar-refractivity contribution in [1.29, 1.82) is 0 Å². The van der Waals surface area contributed by atoms with Crippen LogP contribution in [0.5, 0.6) is 0 Å². The Morgan fingerprint density at radius 1 is 1.24 bits per heavy atom. The number of rotatable bonds is 4. The quantitative estimate of drug-likeness (QED) is 0.546. The van der Waals surface area contributed by atoms with Gasteiger partial charge in [-0.1, -0.05) is 6.42 Å². The van der Waals surface area contributed by atoms with Crippen LogP contribution in [0.3, 0.4) is 0 Å². The Morgan fingerprint density at radius 3 is 2.57 bits per heavy atom. The number of hydrogen-bond donors (Lipinski definition) is 2. The summed E-state index contributed by atoms with van der Waals surface area (Å²) in [7, 11) is 1.32. The number of likely N-dealkylation sites (N-methyl/N-ethyl adjacent to an activating group) is 2. The average Bonchev–Trinajstić information content (AvgIpc) is 2.43. The first kappa shape index (κ1) is 17.1. The van der Waals surface area contributed by atoms with Gasteiger partial charge in [-0.05, 0) is 39.3 Å². The zero-order valence-electron chi connectivity index (χ0n) is 13.5. The van der Waals surface area contributed by atoms with E-state index in [-0.39, 0.29) is 11.3 Å². The van der Waals surface area contributed by atoms with Crippen LogP contribution in [0.15, 0.2) is 0 Å². The molecular formula is C14H30N4O2S. The van der Waals surface area contributed by atoms with Crippen molar-refractivity contribution in [3.8, 4) is 0 Å². The second kappa shape index (κ2) is 6.91. The van der Waals surface area contributed by atoms with Crippen molar-refractivity contribution in [2.75, 3.05) is 40.0 Å². The van der Waals surface area contributed by atoms with E-state index in [1.807, 2.05) is 0 Å². The van der Waals surface area contributed by atoms with Gasteiger partial charge in [0.1, 0.15) is 9.84 Å². The van der Waals surface area contributed by atoms with Crippen molar-refractivity contribution in [3.05, 3.63) is 0 Å². The largest absolute Gasteiger partial charge is 0.303 e. The van der Waals surface area contributed by atoms with Crippen LogP contribution in [0.25, 0.3) is 0 Å². The molecule has 3 N–H and O–H groups in total. The van der Waals surface area contributed by atoms with E-state index in [2.05, 4.69) is 29.3 Å². The third-order valence-corrected chi connectivity index (χ3v) is 6.93. The van der Waals surface area contributed by atoms with E-state index in [4.69, 9.17) is 5.84 Å². The highest BCUT2D eigenvalue weighted by atomic mass is 32.2. The van der Waals surface area contributed by atoms with Gasteiger partial charge < -0.3 is 4.90 Å². The number of hydrogen-bond acceptors (Lipinski definition) is 6. The van der Waals surface area contributed by atoms with Gasteiger partial charge in [-0.3, -0.25) is 16.2 Å². The average molecular weight is 318 g/mol. The Kier molecular flexibility index (Phi) is 5.65. The van der Waals surface area contributed by atoms with E-state index in [1.54, 1.807) is 0 Å². The molecule has 0 amide bonds. The molecule has 1 saturated carbocycles. The topological polar surface area (TPSA) is 78.7 Å². The predicted molar refractivity (Wildman–Crippen MR) is 85.6 cm³/mol. The summed E-state index contributed by atoms with van der Waals surface area (Å²) < 4.78 is 23.7. The first-order chi connectivity index (χ1) is 9.82. The molecule has 1 aliphatic carbocycles. The molecule has 2 rings (SSSR count). The summed E-state index contributed by atoms with van der Waals surface area (Å²) in [5, 5.41) is -0.196. The Bertz CT molecular complexity index is 442. The van der Waals surface area contributed by atoms with Crippen LogP contribution in [0.1, 0.15) is 25.7 Å². The molecule has 21 heavy (non-hydrogen) atoms. The molecule has 0 bridgehead atoms. The molecule has 2 aliphatic rings. The molecule has 4 atom stereocenters. The van der Waals surface area contributed by atoms with Gasteiger partial charge in [0.05, 0.1) is 5.25 Å². The Hall–Kier alpha value is -0.210. The predicted octanol–water partition coefficient (Wildman–Crippen LogP) is -0.332. The summed E-state index contributed by atoms with van der Waals surface area (Å²) in [6.07, 6.45) is 4.95. The Balaban J connectivity index is 2.09. The van der Waals surface area contributed by atoms with Gasteiger partial charge in [0.2, 0.25) is 0 Å². The normalized spacial score (nSPS) is 34.8. The summed E-state index contributed by atoms with van der Waals surface area (Å²) in [4.78, 5) is 4.68. The molecule has 0 radical (unpaired) electrons. The molecule has 0 spiro atoms. The zero-order valence-corrected chi connectivity index (χ0v) is 14.3. The minimum Gasteiger partial charge on any atom is -0.303 e. The van der Waals surface area contributed by atoms with E-state index in [9.17, 15) is 8.42 Å². The maximum absolute atomic E-state index is 11.9. The highest BCUT2D eigenvalue weighted by Gasteiger charge is 2.38.